The summed E-state index contributed by atoms with van der Waals surface area (Å²) in [5.74, 6) is 1.15. The summed E-state index contributed by atoms with van der Waals surface area (Å²) in [5, 5.41) is 5.19. The Morgan fingerprint density at radius 2 is 1.65 bits per heavy atom. The molecule has 1 aromatic heterocycles. The lowest BCUT2D eigenvalue weighted by Gasteiger charge is -2.34. The molecular formula is C27H24N2O5. The van der Waals surface area contributed by atoms with Crippen LogP contribution in [0.3, 0.4) is 0 Å². The summed E-state index contributed by atoms with van der Waals surface area (Å²) in [6.07, 6.45) is 0. The lowest BCUT2D eigenvalue weighted by Crippen LogP contribution is -2.46. The Morgan fingerprint density at radius 1 is 0.912 bits per heavy atom. The smallest absolute Gasteiger partial charge is 0.344 e. The van der Waals surface area contributed by atoms with E-state index < -0.39 is 11.7 Å². The van der Waals surface area contributed by atoms with Crippen LogP contribution in [0.2, 0.25) is 0 Å². The van der Waals surface area contributed by atoms with E-state index in [-0.39, 0.29) is 12.6 Å². The van der Waals surface area contributed by atoms with Gasteiger partial charge in [0.1, 0.15) is 35.4 Å². The van der Waals surface area contributed by atoms with Crippen molar-refractivity contribution in [2.75, 3.05) is 20.3 Å². The number of amides is 2. The first-order valence-corrected chi connectivity index (χ1v) is 11.1. The van der Waals surface area contributed by atoms with Gasteiger partial charge < -0.3 is 19.2 Å². The maximum absolute atomic E-state index is 12.7. The molecule has 0 saturated carbocycles. The predicted octanol–water partition coefficient (Wildman–Crippen LogP) is 4.97. The second kappa shape index (κ2) is 8.94. The third kappa shape index (κ3) is 3.85. The van der Waals surface area contributed by atoms with Crippen LogP contribution in [-0.4, -0.2) is 31.2 Å². The molecular weight excluding hydrogens is 432 g/mol. The molecule has 1 aliphatic rings. The molecule has 3 aromatic carbocycles. The van der Waals surface area contributed by atoms with Crippen molar-refractivity contribution in [3.63, 3.8) is 0 Å². The number of carbonyl (C=O) groups is 1. The van der Waals surface area contributed by atoms with E-state index in [4.69, 9.17) is 13.9 Å². The van der Waals surface area contributed by atoms with Crippen molar-refractivity contribution in [3.05, 3.63) is 100 Å². The van der Waals surface area contributed by atoms with Gasteiger partial charge in [-0.3, -0.25) is 4.90 Å². The highest BCUT2D eigenvalue weighted by molar-refractivity contribution is 6.04. The van der Waals surface area contributed by atoms with Crippen molar-refractivity contribution >= 4 is 27.8 Å². The zero-order valence-corrected chi connectivity index (χ0v) is 18.9. The van der Waals surface area contributed by atoms with Gasteiger partial charge in [0, 0.05) is 18.5 Å². The molecule has 7 nitrogen and oxygen atoms in total. The van der Waals surface area contributed by atoms with Crippen molar-refractivity contribution < 1.29 is 18.7 Å². The van der Waals surface area contributed by atoms with Crippen LogP contribution >= 0.6 is 0 Å². The van der Waals surface area contributed by atoms with E-state index in [0.717, 1.165) is 16.3 Å². The first-order valence-electron chi connectivity index (χ1n) is 11.1. The summed E-state index contributed by atoms with van der Waals surface area (Å²) < 4.78 is 17.6. The Morgan fingerprint density at radius 3 is 2.41 bits per heavy atom. The van der Waals surface area contributed by atoms with Gasteiger partial charge in [-0.25, -0.2) is 9.59 Å². The van der Waals surface area contributed by atoms with E-state index in [0.29, 0.717) is 34.8 Å². The van der Waals surface area contributed by atoms with Crippen molar-refractivity contribution in [1.82, 2.24) is 10.2 Å². The third-order valence-electron chi connectivity index (χ3n) is 5.93. The maximum atomic E-state index is 12.7. The topological polar surface area (TPSA) is 81.0 Å². The zero-order chi connectivity index (χ0) is 23.7. The molecule has 1 aliphatic heterocycles. The van der Waals surface area contributed by atoms with E-state index in [1.807, 2.05) is 67.6 Å². The molecule has 7 heteroatoms. The van der Waals surface area contributed by atoms with Crippen LogP contribution in [0.4, 0.5) is 4.79 Å². The number of nitrogens with zero attached hydrogens (tertiary/aromatic N) is 1. The molecule has 1 N–H and O–H groups in total. The van der Waals surface area contributed by atoms with Gasteiger partial charge in [-0.05, 0) is 36.1 Å². The molecule has 4 aromatic rings. The fourth-order valence-electron chi connectivity index (χ4n) is 4.21. The van der Waals surface area contributed by atoms with E-state index in [1.54, 1.807) is 19.2 Å². The number of urea groups is 1. The van der Waals surface area contributed by atoms with Crippen LogP contribution in [0.25, 0.3) is 21.7 Å². The van der Waals surface area contributed by atoms with Crippen molar-refractivity contribution in [2.24, 2.45) is 0 Å². The average molecular weight is 456 g/mol. The molecule has 5 rings (SSSR count). The molecule has 0 radical (unpaired) electrons. The van der Waals surface area contributed by atoms with Crippen LogP contribution < -0.4 is 15.7 Å². The largest absolute Gasteiger partial charge is 0.494 e. The highest BCUT2D eigenvalue weighted by Crippen LogP contribution is 2.32. The quantitative estimate of drug-likeness (QED) is 0.327. The highest BCUT2D eigenvalue weighted by Gasteiger charge is 2.33. The minimum atomic E-state index is -0.413. The van der Waals surface area contributed by atoms with Crippen LogP contribution in [0.1, 0.15) is 18.5 Å². The van der Waals surface area contributed by atoms with Crippen LogP contribution in [-0.2, 0) is 4.74 Å². The standard InChI is InChI=1S/C27H24N2O5/c1-3-32-25-22(29(2)27(31)28-24(25)17-9-5-4-6-10-17)16-33-18-13-14-20-19-11-7-8-12-21(19)26(30)34-23(20)15-18/h4-15,24H,3,16H2,1-2H3,(H,28,31). The van der Waals surface area contributed by atoms with Crippen molar-refractivity contribution in [1.29, 1.82) is 0 Å². The summed E-state index contributed by atoms with van der Waals surface area (Å²) in [4.78, 5) is 26.6. The normalized spacial score (nSPS) is 16.1. The zero-order valence-electron chi connectivity index (χ0n) is 18.9. The van der Waals surface area contributed by atoms with Crippen LogP contribution in [0.15, 0.2) is 93.5 Å². The van der Waals surface area contributed by atoms with Gasteiger partial charge in [0.05, 0.1) is 12.0 Å². The highest BCUT2D eigenvalue weighted by atomic mass is 16.5. The molecule has 172 valence electrons. The van der Waals surface area contributed by atoms with Crippen molar-refractivity contribution in [2.45, 2.75) is 13.0 Å². The number of nitrogens with one attached hydrogen (secondary N) is 1. The van der Waals surface area contributed by atoms with Gasteiger partial charge in [0.25, 0.3) is 0 Å². The molecule has 1 unspecified atom stereocenters. The number of ether oxygens (including phenoxy) is 2. The van der Waals surface area contributed by atoms with E-state index in [2.05, 4.69) is 5.32 Å². The fraction of sp³-hybridized carbons (Fsp3) is 0.185. The van der Waals surface area contributed by atoms with Gasteiger partial charge in [-0.1, -0.05) is 48.5 Å². The van der Waals surface area contributed by atoms with Gasteiger partial charge in [-0.2, -0.15) is 0 Å². The minimum Gasteiger partial charge on any atom is -0.494 e. The number of hydrogen-bond acceptors (Lipinski definition) is 5. The first-order chi connectivity index (χ1) is 16.6. The van der Waals surface area contributed by atoms with Gasteiger partial charge >= 0.3 is 11.7 Å². The van der Waals surface area contributed by atoms with E-state index >= 15 is 0 Å². The summed E-state index contributed by atoms with van der Waals surface area (Å²) in [5.41, 5.74) is 1.59. The molecule has 2 amide bonds. The molecule has 0 fully saturated rings. The lowest BCUT2D eigenvalue weighted by molar-refractivity contribution is 0.149. The molecule has 34 heavy (non-hydrogen) atoms. The molecule has 0 aliphatic carbocycles. The van der Waals surface area contributed by atoms with Gasteiger partial charge in [-0.15, -0.1) is 0 Å². The SMILES string of the molecule is CCOC1=C(COc2ccc3c(c2)oc(=O)c2ccccc23)N(C)C(=O)NC1c1ccccc1. The summed E-state index contributed by atoms with van der Waals surface area (Å²) >= 11 is 0. The molecule has 0 bridgehead atoms. The lowest BCUT2D eigenvalue weighted by atomic mass is 10.0. The second-order valence-corrected chi connectivity index (χ2v) is 7.98. The second-order valence-electron chi connectivity index (χ2n) is 7.98. The van der Waals surface area contributed by atoms with Crippen LogP contribution in [0, 0.1) is 0 Å². The van der Waals surface area contributed by atoms with E-state index in [1.165, 1.54) is 4.90 Å². The Bertz CT molecular complexity index is 1460. The van der Waals surface area contributed by atoms with Crippen LogP contribution in [0.5, 0.6) is 5.75 Å². The summed E-state index contributed by atoms with van der Waals surface area (Å²) in [6, 6.07) is 21.8. The Hall–Kier alpha value is -4.26. The average Bonchev–Trinajstić information content (AvgIpc) is 2.86. The summed E-state index contributed by atoms with van der Waals surface area (Å²) in [6.45, 7) is 2.45. The number of fused-ring (bicyclic) bond motifs is 3. The van der Waals surface area contributed by atoms with Gasteiger partial charge in [0.15, 0.2) is 0 Å². The molecule has 1 atom stereocenters. The number of likely N-dealkylation sites (N-methyl/N-ethyl adjacent to an activating group) is 1. The van der Waals surface area contributed by atoms with Crippen molar-refractivity contribution in [3.8, 4) is 5.75 Å². The maximum Gasteiger partial charge on any atom is 0.344 e. The predicted molar refractivity (Wildman–Crippen MR) is 130 cm³/mol. The Kier molecular flexibility index (Phi) is 5.67. The number of rotatable bonds is 6. The fourth-order valence-corrected chi connectivity index (χ4v) is 4.21. The Labute approximate surface area is 196 Å². The van der Waals surface area contributed by atoms with E-state index in [9.17, 15) is 9.59 Å². The third-order valence-corrected chi connectivity index (χ3v) is 5.93. The minimum absolute atomic E-state index is 0.103. The number of hydrogen-bond donors (Lipinski definition) is 1. The Balaban J connectivity index is 1.50. The first kappa shape index (κ1) is 21.6. The molecule has 0 spiro atoms. The number of benzene rings is 3. The molecule has 0 saturated heterocycles. The monoisotopic (exact) mass is 456 g/mol. The molecule has 2 heterocycles. The van der Waals surface area contributed by atoms with Gasteiger partial charge in [0.2, 0.25) is 0 Å². The summed E-state index contributed by atoms with van der Waals surface area (Å²) in [7, 11) is 1.68. The number of carbonyl (C=O) groups excluding carboxylic acids is 1.